The molecular formula is C11H12NOS+. The molecule has 2 nitrogen and oxygen atoms in total. The van der Waals surface area contributed by atoms with Crippen molar-refractivity contribution in [1.29, 1.82) is 0 Å². The second-order valence-electron chi connectivity index (χ2n) is 3.91. The van der Waals surface area contributed by atoms with Gasteiger partial charge in [0.2, 0.25) is 5.71 Å². The summed E-state index contributed by atoms with van der Waals surface area (Å²) in [5.41, 5.74) is 2.02. The van der Waals surface area contributed by atoms with Crippen LogP contribution < -0.4 is 0 Å². The van der Waals surface area contributed by atoms with Crippen LogP contribution in [0.1, 0.15) is 34.5 Å². The number of carbonyl (C=O) groups excluding carboxylic acids is 1. The van der Waals surface area contributed by atoms with Gasteiger partial charge in [0.15, 0.2) is 6.54 Å². The SMILES string of the molecule is O=C1C2=[N+](CCCC2)Cc2sccc21. The van der Waals surface area contributed by atoms with Crippen LogP contribution in [-0.4, -0.2) is 22.6 Å². The number of fused-ring (bicyclic) bond motifs is 1. The van der Waals surface area contributed by atoms with Gasteiger partial charge in [0.1, 0.15) is 6.54 Å². The zero-order valence-corrected chi connectivity index (χ0v) is 8.77. The number of nitrogens with zero attached hydrogens (tertiary/aromatic N) is 1. The van der Waals surface area contributed by atoms with Crippen LogP contribution in [0.4, 0.5) is 0 Å². The van der Waals surface area contributed by atoms with Gasteiger partial charge in [0, 0.05) is 18.4 Å². The Kier molecular flexibility index (Phi) is 1.80. The summed E-state index contributed by atoms with van der Waals surface area (Å²) in [5, 5.41) is 2.03. The smallest absolute Gasteiger partial charge is 0.253 e. The highest BCUT2D eigenvalue weighted by molar-refractivity contribution is 7.10. The van der Waals surface area contributed by atoms with E-state index in [0.29, 0.717) is 0 Å². The molecular weight excluding hydrogens is 194 g/mol. The number of Topliss-reactive ketones (excluding diaryl/α,β-unsaturated/α-hetero) is 1. The molecule has 0 spiro atoms. The Hall–Kier alpha value is -0.960. The Balaban J connectivity index is 2.10. The number of carbonyl (C=O) groups is 1. The normalized spacial score (nSPS) is 20.7. The predicted octanol–water partition coefficient (Wildman–Crippen LogP) is 2.08. The molecule has 1 aromatic rings. The van der Waals surface area contributed by atoms with Gasteiger partial charge in [-0.3, -0.25) is 4.79 Å². The maximum Gasteiger partial charge on any atom is 0.253 e. The van der Waals surface area contributed by atoms with Crippen molar-refractivity contribution in [2.24, 2.45) is 0 Å². The van der Waals surface area contributed by atoms with E-state index in [4.69, 9.17) is 0 Å². The first-order valence-corrected chi connectivity index (χ1v) is 5.96. The van der Waals surface area contributed by atoms with Crippen molar-refractivity contribution in [2.45, 2.75) is 25.8 Å². The molecule has 0 saturated carbocycles. The largest absolute Gasteiger partial charge is 0.282 e. The number of thiophene rings is 1. The summed E-state index contributed by atoms with van der Waals surface area (Å²) in [6.45, 7) is 2.03. The van der Waals surface area contributed by atoms with E-state index in [0.717, 1.165) is 30.8 Å². The van der Waals surface area contributed by atoms with Gasteiger partial charge in [0.25, 0.3) is 5.78 Å². The molecule has 0 aliphatic carbocycles. The maximum atomic E-state index is 12.0. The Morgan fingerprint density at radius 1 is 1.36 bits per heavy atom. The summed E-state index contributed by atoms with van der Waals surface area (Å²) >= 11 is 1.71. The van der Waals surface area contributed by atoms with Gasteiger partial charge in [-0.1, -0.05) is 0 Å². The third kappa shape index (κ3) is 1.08. The van der Waals surface area contributed by atoms with Crippen molar-refractivity contribution in [3.05, 3.63) is 21.9 Å². The van der Waals surface area contributed by atoms with Crippen LogP contribution in [0.15, 0.2) is 11.4 Å². The molecule has 1 aromatic heterocycles. The fourth-order valence-electron chi connectivity index (χ4n) is 2.31. The van der Waals surface area contributed by atoms with E-state index in [9.17, 15) is 4.79 Å². The average Bonchev–Trinajstić information content (AvgIpc) is 2.66. The lowest BCUT2D eigenvalue weighted by Crippen LogP contribution is -2.36. The fraction of sp³-hybridized carbons (Fsp3) is 0.455. The second-order valence-corrected chi connectivity index (χ2v) is 4.91. The van der Waals surface area contributed by atoms with Crippen molar-refractivity contribution >= 4 is 22.8 Å². The molecule has 3 rings (SSSR count). The standard InChI is InChI=1S/C11H12NOS/c13-11-8-4-6-14-10(8)7-12-5-2-1-3-9(11)12/h4,6H,1-3,5,7H2/q+1. The molecule has 72 valence electrons. The minimum atomic E-state index is 0.284. The summed E-state index contributed by atoms with van der Waals surface area (Å²) in [4.78, 5) is 13.3. The van der Waals surface area contributed by atoms with Crippen LogP contribution in [0.25, 0.3) is 0 Å². The summed E-state index contributed by atoms with van der Waals surface area (Å²) < 4.78 is 2.27. The van der Waals surface area contributed by atoms with Crippen LogP contribution in [0, 0.1) is 0 Å². The van der Waals surface area contributed by atoms with Crippen LogP contribution >= 0.6 is 11.3 Å². The molecule has 0 fully saturated rings. The topological polar surface area (TPSA) is 20.1 Å². The van der Waals surface area contributed by atoms with Gasteiger partial charge in [-0.2, -0.15) is 0 Å². The summed E-state index contributed by atoms with van der Waals surface area (Å²) in [7, 11) is 0. The molecule has 0 aromatic carbocycles. The molecule has 0 atom stereocenters. The van der Waals surface area contributed by atoms with E-state index in [2.05, 4.69) is 4.58 Å². The lowest BCUT2D eigenvalue weighted by Gasteiger charge is -2.17. The molecule has 0 unspecified atom stereocenters. The van der Waals surface area contributed by atoms with E-state index in [-0.39, 0.29) is 5.78 Å². The fourth-order valence-corrected chi connectivity index (χ4v) is 3.20. The Bertz CT molecular complexity index is 430. The third-order valence-corrected chi connectivity index (χ3v) is 3.97. The summed E-state index contributed by atoms with van der Waals surface area (Å²) in [5.74, 6) is 0.284. The molecule has 0 amide bonds. The summed E-state index contributed by atoms with van der Waals surface area (Å²) in [6, 6.07) is 1.97. The highest BCUT2D eigenvalue weighted by Gasteiger charge is 2.34. The van der Waals surface area contributed by atoms with Gasteiger partial charge in [-0.25, -0.2) is 4.58 Å². The lowest BCUT2D eigenvalue weighted by molar-refractivity contribution is -0.548. The average molecular weight is 206 g/mol. The van der Waals surface area contributed by atoms with Crippen LogP contribution in [0.3, 0.4) is 0 Å². The minimum absolute atomic E-state index is 0.284. The zero-order valence-electron chi connectivity index (χ0n) is 7.95. The number of hydrogen-bond donors (Lipinski definition) is 0. The van der Waals surface area contributed by atoms with E-state index in [1.807, 2.05) is 11.4 Å². The van der Waals surface area contributed by atoms with Gasteiger partial charge in [0.05, 0.1) is 4.88 Å². The highest BCUT2D eigenvalue weighted by atomic mass is 32.1. The summed E-state index contributed by atoms with van der Waals surface area (Å²) in [6.07, 6.45) is 3.39. The van der Waals surface area contributed by atoms with Gasteiger partial charge in [-0.15, -0.1) is 11.3 Å². The molecule has 0 bridgehead atoms. The molecule has 0 saturated heterocycles. The third-order valence-electron chi connectivity index (χ3n) is 3.06. The van der Waals surface area contributed by atoms with Crippen LogP contribution in [-0.2, 0) is 6.54 Å². The molecule has 14 heavy (non-hydrogen) atoms. The van der Waals surface area contributed by atoms with Crippen molar-refractivity contribution in [1.82, 2.24) is 0 Å². The maximum absolute atomic E-state index is 12.0. The first-order valence-electron chi connectivity index (χ1n) is 5.08. The van der Waals surface area contributed by atoms with E-state index < -0.39 is 0 Å². The van der Waals surface area contributed by atoms with Gasteiger partial charge < -0.3 is 0 Å². The van der Waals surface area contributed by atoms with Gasteiger partial charge in [-0.05, 0) is 17.9 Å². The monoisotopic (exact) mass is 206 g/mol. The number of hydrogen-bond acceptors (Lipinski definition) is 2. The minimum Gasteiger partial charge on any atom is -0.282 e. The van der Waals surface area contributed by atoms with Gasteiger partial charge >= 0.3 is 0 Å². The van der Waals surface area contributed by atoms with Crippen LogP contribution in [0.5, 0.6) is 0 Å². The molecule has 3 heteroatoms. The Labute approximate surface area is 86.9 Å². The molecule has 0 radical (unpaired) electrons. The first kappa shape index (κ1) is 8.36. The Morgan fingerprint density at radius 3 is 3.21 bits per heavy atom. The first-order chi connectivity index (χ1) is 6.86. The molecule has 2 aliphatic heterocycles. The van der Waals surface area contributed by atoms with E-state index >= 15 is 0 Å². The number of rotatable bonds is 0. The van der Waals surface area contributed by atoms with Crippen molar-refractivity contribution in [3.8, 4) is 0 Å². The van der Waals surface area contributed by atoms with Crippen molar-refractivity contribution in [2.75, 3.05) is 6.54 Å². The van der Waals surface area contributed by atoms with Crippen LogP contribution in [0.2, 0.25) is 0 Å². The highest BCUT2D eigenvalue weighted by Crippen LogP contribution is 2.25. The lowest BCUT2D eigenvalue weighted by atomic mass is 9.96. The molecule has 2 aliphatic rings. The number of ketones is 1. The van der Waals surface area contributed by atoms with E-state index in [1.54, 1.807) is 11.3 Å². The van der Waals surface area contributed by atoms with Crippen molar-refractivity contribution in [3.63, 3.8) is 0 Å². The molecule has 3 heterocycles. The second kappa shape index (κ2) is 3.02. The van der Waals surface area contributed by atoms with Crippen molar-refractivity contribution < 1.29 is 9.37 Å². The Morgan fingerprint density at radius 2 is 2.29 bits per heavy atom. The van der Waals surface area contributed by atoms with E-state index in [1.165, 1.54) is 17.7 Å². The molecule has 0 N–H and O–H groups in total. The quantitative estimate of drug-likeness (QED) is 0.595. The predicted molar refractivity (Wildman–Crippen MR) is 56.3 cm³/mol. The zero-order chi connectivity index (χ0) is 9.54.